The van der Waals surface area contributed by atoms with Crippen molar-refractivity contribution in [1.29, 1.82) is 0 Å². The highest BCUT2D eigenvalue weighted by atomic mass is 16.3. The molecule has 5 nitrogen and oxygen atoms in total. The van der Waals surface area contributed by atoms with E-state index >= 15 is 0 Å². The minimum atomic E-state index is 0.651. The number of para-hydroxylation sites is 5. The minimum absolute atomic E-state index is 0.651. The predicted molar refractivity (Wildman–Crippen MR) is 209 cm³/mol. The van der Waals surface area contributed by atoms with Crippen LogP contribution in [0.15, 0.2) is 174 Å². The Morgan fingerprint density at radius 2 is 1.02 bits per heavy atom. The summed E-state index contributed by atoms with van der Waals surface area (Å²) in [7, 11) is 0. The molecule has 11 rings (SSSR count). The SMILES string of the molecule is c1ccc(-c2nc(-c3cccc4c3oc3ccccc34)cc(-n3c4ccccc4c4ccc5c6ccccc6n(-c6ccccc6)c5c43)n2)cc1. The Labute approximate surface area is 292 Å². The quantitative estimate of drug-likeness (QED) is 0.190. The largest absolute Gasteiger partial charge is 0.455 e. The molecule has 51 heavy (non-hydrogen) atoms. The van der Waals surface area contributed by atoms with E-state index in [0.717, 1.165) is 72.3 Å². The fraction of sp³-hybridized carbons (Fsp3) is 0. The van der Waals surface area contributed by atoms with E-state index in [0.29, 0.717) is 5.82 Å². The maximum Gasteiger partial charge on any atom is 0.162 e. The molecule has 5 heteroatoms. The van der Waals surface area contributed by atoms with Gasteiger partial charge < -0.3 is 8.98 Å². The van der Waals surface area contributed by atoms with Crippen molar-refractivity contribution in [2.75, 3.05) is 0 Å². The van der Waals surface area contributed by atoms with E-state index in [9.17, 15) is 0 Å². The lowest BCUT2D eigenvalue weighted by Gasteiger charge is -2.14. The molecular formula is C46H28N4O. The zero-order valence-corrected chi connectivity index (χ0v) is 27.4. The Morgan fingerprint density at radius 1 is 0.431 bits per heavy atom. The molecule has 11 aromatic rings. The number of benzene rings is 7. The van der Waals surface area contributed by atoms with Gasteiger partial charge in [0.05, 0.1) is 27.8 Å². The van der Waals surface area contributed by atoms with Crippen molar-refractivity contribution in [3.05, 3.63) is 170 Å². The molecule has 0 aliphatic rings. The first-order chi connectivity index (χ1) is 25.3. The van der Waals surface area contributed by atoms with Gasteiger partial charge in [0.1, 0.15) is 17.0 Å². The van der Waals surface area contributed by atoms with Gasteiger partial charge in [0.25, 0.3) is 0 Å². The van der Waals surface area contributed by atoms with Crippen LogP contribution < -0.4 is 0 Å². The molecule has 0 bridgehead atoms. The van der Waals surface area contributed by atoms with E-state index in [1.54, 1.807) is 0 Å². The summed E-state index contributed by atoms with van der Waals surface area (Å²) in [5, 5.41) is 6.88. The zero-order chi connectivity index (χ0) is 33.5. The van der Waals surface area contributed by atoms with Crippen molar-refractivity contribution in [2.24, 2.45) is 0 Å². The minimum Gasteiger partial charge on any atom is -0.455 e. The average molecular weight is 653 g/mol. The van der Waals surface area contributed by atoms with Gasteiger partial charge in [0.2, 0.25) is 0 Å². The lowest BCUT2D eigenvalue weighted by molar-refractivity contribution is 0.670. The van der Waals surface area contributed by atoms with Crippen LogP contribution in [0.25, 0.3) is 99.7 Å². The predicted octanol–water partition coefficient (Wildman–Crippen LogP) is 11.9. The van der Waals surface area contributed by atoms with E-state index in [1.165, 1.54) is 21.5 Å². The summed E-state index contributed by atoms with van der Waals surface area (Å²) < 4.78 is 11.3. The fourth-order valence-electron chi connectivity index (χ4n) is 7.94. The van der Waals surface area contributed by atoms with Gasteiger partial charge in [-0.15, -0.1) is 0 Å². The normalized spacial score (nSPS) is 11.9. The molecule has 0 unspecified atom stereocenters. The molecule has 0 aliphatic carbocycles. The first-order valence-electron chi connectivity index (χ1n) is 17.2. The molecule has 0 spiro atoms. The van der Waals surface area contributed by atoms with Crippen LogP contribution in [0.1, 0.15) is 0 Å². The van der Waals surface area contributed by atoms with Crippen LogP contribution in [0, 0.1) is 0 Å². The maximum absolute atomic E-state index is 6.54. The standard InChI is InChI=1S/C46H28N4O/c1-3-14-29(15-4-1)46-47-38(37-22-13-21-36-33-20-9-12-25-41(33)51-45(36)37)28-42(48-46)50-40-24-11-8-19-32(40)35-27-26-34-31-18-7-10-23-39(31)49(43(34)44(35)50)30-16-5-2-6-17-30/h1-28H. The highest BCUT2D eigenvalue weighted by Crippen LogP contribution is 2.42. The van der Waals surface area contributed by atoms with Crippen molar-refractivity contribution in [2.45, 2.75) is 0 Å². The molecule has 4 heterocycles. The van der Waals surface area contributed by atoms with Crippen LogP contribution >= 0.6 is 0 Å². The molecule has 0 saturated heterocycles. The number of furan rings is 1. The smallest absolute Gasteiger partial charge is 0.162 e. The second-order valence-corrected chi connectivity index (χ2v) is 13.0. The average Bonchev–Trinajstić information content (AvgIpc) is 3.86. The van der Waals surface area contributed by atoms with Gasteiger partial charge in [0, 0.05) is 55.2 Å². The van der Waals surface area contributed by atoms with Gasteiger partial charge in [-0.3, -0.25) is 4.57 Å². The summed E-state index contributed by atoms with van der Waals surface area (Å²) in [5.74, 6) is 1.44. The van der Waals surface area contributed by atoms with Crippen LogP contribution in [0.3, 0.4) is 0 Å². The summed E-state index contributed by atoms with van der Waals surface area (Å²) in [5.41, 5.74) is 9.92. The summed E-state index contributed by atoms with van der Waals surface area (Å²) in [6, 6.07) is 59.4. The van der Waals surface area contributed by atoms with Gasteiger partial charge in [-0.05, 0) is 36.4 Å². The van der Waals surface area contributed by atoms with Crippen LogP contribution in [0.4, 0.5) is 0 Å². The number of aromatic nitrogens is 4. The van der Waals surface area contributed by atoms with Crippen molar-refractivity contribution in [3.63, 3.8) is 0 Å². The first kappa shape index (κ1) is 27.9. The van der Waals surface area contributed by atoms with Crippen molar-refractivity contribution in [3.8, 4) is 34.2 Å². The lowest BCUT2D eigenvalue weighted by Crippen LogP contribution is -2.04. The third kappa shape index (κ3) is 4.09. The molecule has 0 N–H and O–H groups in total. The van der Waals surface area contributed by atoms with Crippen molar-refractivity contribution in [1.82, 2.24) is 19.1 Å². The Bertz CT molecular complexity index is 3130. The molecule has 0 fully saturated rings. The summed E-state index contributed by atoms with van der Waals surface area (Å²) in [4.78, 5) is 10.6. The maximum atomic E-state index is 6.54. The molecule has 238 valence electrons. The third-order valence-electron chi connectivity index (χ3n) is 10.1. The summed E-state index contributed by atoms with van der Waals surface area (Å²) in [6.07, 6.45) is 0. The van der Waals surface area contributed by atoms with Crippen LogP contribution in [0.5, 0.6) is 0 Å². The topological polar surface area (TPSA) is 48.8 Å². The molecule has 4 aromatic heterocycles. The van der Waals surface area contributed by atoms with Gasteiger partial charge >= 0.3 is 0 Å². The van der Waals surface area contributed by atoms with E-state index in [-0.39, 0.29) is 0 Å². The molecule has 0 atom stereocenters. The third-order valence-corrected chi connectivity index (χ3v) is 10.1. The first-order valence-corrected chi connectivity index (χ1v) is 17.2. The van der Waals surface area contributed by atoms with Crippen LogP contribution in [-0.4, -0.2) is 19.1 Å². The van der Waals surface area contributed by atoms with Crippen molar-refractivity contribution < 1.29 is 4.42 Å². The summed E-state index contributed by atoms with van der Waals surface area (Å²) >= 11 is 0. The van der Waals surface area contributed by atoms with Crippen LogP contribution in [0.2, 0.25) is 0 Å². The Morgan fingerprint density at radius 3 is 1.76 bits per heavy atom. The second kappa shape index (κ2) is 10.8. The monoisotopic (exact) mass is 652 g/mol. The molecule has 0 saturated carbocycles. The number of fused-ring (bicyclic) bond motifs is 10. The number of hydrogen-bond donors (Lipinski definition) is 0. The van der Waals surface area contributed by atoms with Crippen LogP contribution in [-0.2, 0) is 0 Å². The molecule has 0 aliphatic heterocycles. The highest BCUT2D eigenvalue weighted by Gasteiger charge is 2.23. The Hall–Kier alpha value is -6.98. The second-order valence-electron chi connectivity index (χ2n) is 13.0. The zero-order valence-electron chi connectivity index (χ0n) is 27.4. The number of hydrogen-bond acceptors (Lipinski definition) is 3. The lowest BCUT2D eigenvalue weighted by atomic mass is 10.1. The van der Waals surface area contributed by atoms with Gasteiger partial charge in [-0.2, -0.15) is 0 Å². The van der Waals surface area contributed by atoms with E-state index in [2.05, 4.69) is 149 Å². The Kier molecular flexibility index (Phi) is 5.89. The van der Waals surface area contributed by atoms with E-state index in [4.69, 9.17) is 14.4 Å². The molecular weight excluding hydrogens is 625 g/mol. The highest BCUT2D eigenvalue weighted by molar-refractivity contribution is 6.23. The molecule has 0 radical (unpaired) electrons. The molecule has 7 aromatic carbocycles. The van der Waals surface area contributed by atoms with Gasteiger partial charge in [0.15, 0.2) is 5.82 Å². The molecule has 0 amide bonds. The fourth-order valence-corrected chi connectivity index (χ4v) is 7.94. The Balaban J connectivity index is 1.30. The summed E-state index contributed by atoms with van der Waals surface area (Å²) in [6.45, 7) is 0. The van der Waals surface area contributed by atoms with Crippen molar-refractivity contribution >= 4 is 65.6 Å². The van der Waals surface area contributed by atoms with Gasteiger partial charge in [-0.25, -0.2) is 9.97 Å². The number of nitrogens with zero attached hydrogens (tertiary/aromatic N) is 4. The van der Waals surface area contributed by atoms with E-state index in [1.807, 2.05) is 30.3 Å². The van der Waals surface area contributed by atoms with E-state index < -0.39 is 0 Å². The number of rotatable bonds is 4. The van der Waals surface area contributed by atoms with Gasteiger partial charge in [-0.1, -0.05) is 127 Å².